The van der Waals surface area contributed by atoms with Crippen LogP contribution in [0.25, 0.3) is 0 Å². The maximum atomic E-state index is 6.25. The summed E-state index contributed by atoms with van der Waals surface area (Å²) in [4.78, 5) is 0. The van der Waals surface area contributed by atoms with Crippen LogP contribution in [0.4, 0.5) is 0 Å². The largest absolute Gasteiger partial charge is 2.00 e. The molecule has 6 nitrogen and oxygen atoms in total. The zero-order chi connectivity index (χ0) is 12.6. The average molecular weight is 592 g/mol. The summed E-state index contributed by atoms with van der Waals surface area (Å²) in [7, 11) is 0. The Morgan fingerprint density at radius 1 is 0.875 bits per heavy atom. The van der Waals surface area contributed by atoms with Crippen molar-refractivity contribution in [3.05, 3.63) is 13.1 Å². The smallest absolute Gasteiger partial charge is 0.512 e. The third-order valence-electron chi connectivity index (χ3n) is 0.744. The molecule has 0 fully saturated rings. The van der Waals surface area contributed by atoms with Crippen LogP contribution >= 0.6 is 0 Å². The number of nitrogens with two attached hydrogens (primary N) is 4. The molecule has 2 unspecified atom stereocenters. The fourth-order valence-electron chi connectivity index (χ4n) is 0. The van der Waals surface area contributed by atoms with Crippen LogP contribution in [0.5, 0.6) is 0 Å². The molecule has 0 bridgehead atoms. The van der Waals surface area contributed by atoms with Gasteiger partial charge in [-0.3, -0.25) is 0 Å². The zero-order valence-corrected chi connectivity index (χ0v) is 13.8. The van der Waals surface area contributed by atoms with Gasteiger partial charge in [-0.05, 0) is 13.8 Å². The van der Waals surface area contributed by atoms with E-state index in [9.17, 15) is 0 Å². The van der Waals surface area contributed by atoms with Crippen LogP contribution in [0.15, 0.2) is 0 Å². The van der Waals surface area contributed by atoms with Gasteiger partial charge in [0.15, 0.2) is 0 Å². The quantitative estimate of drug-likeness (QED) is 0.233. The molecule has 2 atom stereocenters. The van der Waals surface area contributed by atoms with Gasteiger partial charge in [0.25, 0.3) is 0 Å². The Morgan fingerprint density at radius 3 is 0.938 bits per heavy atom. The Labute approximate surface area is 128 Å². The third-order valence-corrected chi connectivity index (χ3v) is 0.744. The topological polar surface area (TPSA) is 152 Å². The molecule has 8 N–H and O–H groups in total. The SMILES string of the molecule is CC(N)CN.CC(N)CN.[Au+].[C-]#N.[C-]#N.[Pt+2]. The van der Waals surface area contributed by atoms with Crippen molar-refractivity contribution in [1.82, 2.24) is 0 Å². The molecule has 0 aromatic rings. The molecule has 0 saturated carbocycles. The summed E-state index contributed by atoms with van der Waals surface area (Å²) in [6.07, 6.45) is 0. The van der Waals surface area contributed by atoms with Crippen molar-refractivity contribution < 1.29 is 43.4 Å². The minimum absolute atomic E-state index is 0. The van der Waals surface area contributed by atoms with E-state index in [0.717, 1.165) is 0 Å². The number of hydrogen-bond acceptors (Lipinski definition) is 6. The van der Waals surface area contributed by atoms with Gasteiger partial charge in [-0.2, -0.15) is 0 Å². The van der Waals surface area contributed by atoms with E-state index in [4.69, 9.17) is 46.6 Å². The van der Waals surface area contributed by atoms with Crippen molar-refractivity contribution in [1.29, 1.82) is 10.5 Å². The van der Waals surface area contributed by atoms with Crippen molar-refractivity contribution >= 4 is 0 Å². The summed E-state index contributed by atoms with van der Waals surface area (Å²) in [6, 6.07) is 0.324. The monoisotopic (exact) mass is 592 g/mol. The number of nitrogens with zero attached hydrogens (tertiary/aromatic N) is 2. The van der Waals surface area contributed by atoms with Gasteiger partial charge in [-0.15, -0.1) is 0 Å². The summed E-state index contributed by atoms with van der Waals surface area (Å²) in [5.74, 6) is 0. The molecule has 16 heavy (non-hydrogen) atoms. The fourth-order valence-corrected chi connectivity index (χ4v) is 0. The molecule has 0 radical (unpaired) electrons. The van der Waals surface area contributed by atoms with E-state index < -0.39 is 0 Å². The average Bonchev–Trinajstić information content (AvgIpc) is 2.24. The van der Waals surface area contributed by atoms with Crippen LogP contribution in [-0.2, 0) is 43.4 Å². The molecule has 8 heteroatoms. The van der Waals surface area contributed by atoms with E-state index in [1.807, 2.05) is 13.8 Å². The molecular weight excluding hydrogens is 572 g/mol. The second-order valence-corrected chi connectivity index (χ2v) is 2.43. The molecule has 0 aliphatic carbocycles. The predicted octanol–water partition coefficient (Wildman–Crippen LogP) is -1.23. The van der Waals surface area contributed by atoms with Gasteiger partial charge in [0.05, 0.1) is 0 Å². The minimum Gasteiger partial charge on any atom is -0.512 e. The Bertz CT molecular complexity index is 104. The predicted molar refractivity (Wildman–Crippen MR) is 55.3 cm³/mol. The molecular formula is C8H20AuN6Pt+. The molecule has 102 valence electrons. The second-order valence-electron chi connectivity index (χ2n) is 2.43. The van der Waals surface area contributed by atoms with Crippen molar-refractivity contribution in [2.24, 2.45) is 22.9 Å². The van der Waals surface area contributed by atoms with Crippen LogP contribution in [0.2, 0.25) is 0 Å². The second kappa shape index (κ2) is 45.5. The fraction of sp³-hybridized carbons (Fsp3) is 0.750. The summed E-state index contributed by atoms with van der Waals surface area (Å²) in [5, 5.41) is 12.5. The van der Waals surface area contributed by atoms with Crippen molar-refractivity contribution in [3.63, 3.8) is 0 Å². The van der Waals surface area contributed by atoms with Crippen LogP contribution in [0, 0.1) is 23.7 Å². The first-order valence-electron chi connectivity index (χ1n) is 3.90. The Hall–Kier alpha value is 0.249. The first-order valence-corrected chi connectivity index (χ1v) is 3.90. The molecule has 0 amide bonds. The van der Waals surface area contributed by atoms with Crippen molar-refractivity contribution in [2.45, 2.75) is 25.9 Å². The summed E-state index contributed by atoms with van der Waals surface area (Å²) in [6.45, 7) is 14.4. The molecule has 0 rings (SSSR count). The summed E-state index contributed by atoms with van der Waals surface area (Å²) >= 11 is 0. The standard InChI is InChI=1S/2C3H10N2.2CN.Au.Pt/c2*1-3(5)2-4;2*1-2;;/h2*3H,2,4-5H2,1H3;;;;/q;;2*-1;+1;+2. The molecule has 0 heterocycles. The van der Waals surface area contributed by atoms with Gasteiger partial charge >= 0.3 is 43.4 Å². The summed E-state index contributed by atoms with van der Waals surface area (Å²) in [5.41, 5.74) is 20.4. The van der Waals surface area contributed by atoms with Crippen LogP contribution in [0.3, 0.4) is 0 Å². The zero-order valence-electron chi connectivity index (χ0n) is 9.39. The van der Waals surface area contributed by atoms with Gasteiger partial charge in [0, 0.05) is 25.2 Å². The van der Waals surface area contributed by atoms with Crippen molar-refractivity contribution in [3.8, 4) is 0 Å². The van der Waals surface area contributed by atoms with Crippen LogP contribution < -0.4 is 22.9 Å². The maximum Gasteiger partial charge on any atom is 2.00 e. The van der Waals surface area contributed by atoms with Crippen molar-refractivity contribution in [2.75, 3.05) is 13.1 Å². The normalized spacial score (nSPS) is 9.62. The minimum atomic E-state index is 0. The Morgan fingerprint density at radius 2 is 0.938 bits per heavy atom. The molecule has 0 aromatic heterocycles. The molecule has 0 aliphatic rings. The van der Waals surface area contributed by atoms with Gasteiger partial charge < -0.3 is 46.6 Å². The molecule has 0 aromatic carbocycles. The van der Waals surface area contributed by atoms with Gasteiger partial charge in [-0.25, -0.2) is 0 Å². The van der Waals surface area contributed by atoms with E-state index in [1.54, 1.807) is 0 Å². The van der Waals surface area contributed by atoms with Gasteiger partial charge in [0.1, 0.15) is 0 Å². The maximum absolute atomic E-state index is 6.25. The molecule has 0 saturated heterocycles. The Balaban J connectivity index is -0.0000000218. The van der Waals surface area contributed by atoms with E-state index in [-0.39, 0.29) is 55.5 Å². The van der Waals surface area contributed by atoms with E-state index in [1.165, 1.54) is 0 Å². The van der Waals surface area contributed by atoms with Crippen LogP contribution in [-0.4, -0.2) is 25.2 Å². The van der Waals surface area contributed by atoms with Crippen LogP contribution in [0.1, 0.15) is 13.8 Å². The summed E-state index contributed by atoms with van der Waals surface area (Å²) < 4.78 is 0. The van der Waals surface area contributed by atoms with E-state index >= 15 is 0 Å². The van der Waals surface area contributed by atoms with E-state index in [0.29, 0.717) is 13.1 Å². The first-order chi connectivity index (χ1) is 6.54. The Kier molecular flexibility index (Phi) is 102. The van der Waals surface area contributed by atoms with Gasteiger partial charge in [0.2, 0.25) is 0 Å². The van der Waals surface area contributed by atoms with E-state index in [2.05, 4.69) is 0 Å². The molecule has 0 aliphatic heterocycles. The third kappa shape index (κ3) is 139. The van der Waals surface area contributed by atoms with Gasteiger partial charge in [-0.1, -0.05) is 0 Å². The first kappa shape index (κ1) is 36.0. The number of hydrogen-bond donors (Lipinski definition) is 4. The number of rotatable bonds is 2. The molecule has 0 spiro atoms.